The molecule has 0 amide bonds. The van der Waals surface area contributed by atoms with Gasteiger partial charge in [-0.25, -0.2) is 4.79 Å². The summed E-state index contributed by atoms with van der Waals surface area (Å²) in [4.78, 5) is 39.8. The van der Waals surface area contributed by atoms with Crippen molar-refractivity contribution in [3.8, 4) is 6.01 Å². The topological polar surface area (TPSA) is 104 Å². The van der Waals surface area contributed by atoms with E-state index in [0.29, 0.717) is 38.2 Å². The van der Waals surface area contributed by atoms with Crippen LogP contribution < -0.4 is 16.0 Å². The second-order valence-electron chi connectivity index (χ2n) is 7.75. The van der Waals surface area contributed by atoms with Gasteiger partial charge in [-0.1, -0.05) is 18.5 Å². The number of piperazine rings is 1. The van der Waals surface area contributed by atoms with Crippen molar-refractivity contribution in [3.63, 3.8) is 0 Å². The number of H-pyrrole nitrogens is 1. The molecule has 3 rings (SSSR count). The van der Waals surface area contributed by atoms with Crippen LogP contribution in [0, 0.1) is 0 Å². The largest absolute Gasteiger partial charge is 0.403 e. The lowest BCUT2D eigenvalue weighted by atomic mass is 10.1. The molecule has 1 saturated heterocycles. The van der Waals surface area contributed by atoms with Crippen molar-refractivity contribution >= 4 is 16.9 Å². The van der Waals surface area contributed by atoms with E-state index in [2.05, 4.69) is 20.0 Å². The number of fused-ring (bicyclic) bond motifs is 1. The van der Waals surface area contributed by atoms with Crippen LogP contribution in [0.4, 0.5) is 13.2 Å². The second kappa shape index (κ2) is 10.2. The van der Waals surface area contributed by atoms with Crippen LogP contribution in [0.25, 0.3) is 11.1 Å². The second-order valence-corrected chi connectivity index (χ2v) is 7.75. The summed E-state index contributed by atoms with van der Waals surface area (Å²) < 4.78 is 43.4. The van der Waals surface area contributed by atoms with Gasteiger partial charge in [0.2, 0.25) is 5.71 Å². The number of hydrogen-bond acceptors (Lipinski definition) is 7. The number of unbranched alkanes of at least 4 members (excludes halogenated alkanes) is 1. The van der Waals surface area contributed by atoms with Crippen LogP contribution in [0.2, 0.25) is 0 Å². The third kappa shape index (κ3) is 6.31. The molecule has 0 unspecified atom stereocenters. The minimum absolute atomic E-state index is 0.108. The molecule has 0 bridgehead atoms. The number of aryl methyl sites for hydroxylation is 1. The molecule has 0 aliphatic carbocycles. The molecule has 0 radical (unpaired) electrons. The minimum Gasteiger partial charge on any atom is -0.403 e. The maximum atomic E-state index is 12.8. The van der Waals surface area contributed by atoms with Gasteiger partial charge in [0.05, 0.1) is 6.42 Å². The summed E-state index contributed by atoms with van der Waals surface area (Å²) in [5.41, 5.74) is -0.912. The van der Waals surface area contributed by atoms with Crippen molar-refractivity contribution in [1.82, 2.24) is 19.8 Å². The lowest BCUT2D eigenvalue weighted by Gasteiger charge is -2.34. The van der Waals surface area contributed by atoms with Crippen molar-refractivity contribution in [2.45, 2.75) is 45.2 Å². The van der Waals surface area contributed by atoms with E-state index in [4.69, 9.17) is 9.25 Å². The number of alkyl halides is 3. The summed E-state index contributed by atoms with van der Waals surface area (Å²) in [7, 11) is 1.92. The van der Waals surface area contributed by atoms with Crippen molar-refractivity contribution in [2.75, 3.05) is 33.2 Å². The lowest BCUT2D eigenvalue weighted by molar-refractivity contribution is -0.133. The third-order valence-corrected chi connectivity index (χ3v) is 5.21. The van der Waals surface area contributed by atoms with Crippen LogP contribution in [-0.4, -0.2) is 65.0 Å². The molecule has 1 fully saturated rings. The number of aromatic amines is 1. The Morgan fingerprint density at radius 1 is 1.28 bits per heavy atom. The Morgan fingerprint density at radius 3 is 2.66 bits per heavy atom. The molecular weight excluding hydrogens is 431 g/mol. The molecule has 32 heavy (non-hydrogen) atoms. The molecule has 12 heteroatoms. The van der Waals surface area contributed by atoms with E-state index in [9.17, 15) is 22.8 Å². The number of aromatic nitrogens is 2. The summed E-state index contributed by atoms with van der Waals surface area (Å²) in [6.45, 7) is 4.31. The van der Waals surface area contributed by atoms with E-state index in [-0.39, 0.29) is 29.4 Å². The molecule has 1 N–H and O–H groups in total. The van der Waals surface area contributed by atoms with E-state index in [0.717, 1.165) is 12.8 Å². The standard InChI is InChI=1S/C20H26F3N5O4/c1-3-4-5-13-12-15(29)31-18-16(13)17(30)24-19(25-18)32-26-14(6-7-20(21,22)23)28-10-8-27(2)9-11-28/h12H,3-11H2,1-2H3,(H,24,25,30). The summed E-state index contributed by atoms with van der Waals surface area (Å²) >= 11 is 0. The average molecular weight is 457 g/mol. The van der Waals surface area contributed by atoms with E-state index >= 15 is 0 Å². The van der Waals surface area contributed by atoms with E-state index in [1.807, 2.05) is 14.0 Å². The Kier molecular flexibility index (Phi) is 7.54. The number of hydrogen-bond donors (Lipinski definition) is 1. The molecule has 176 valence electrons. The average Bonchev–Trinajstić information content (AvgIpc) is 2.71. The molecule has 0 atom stereocenters. The fourth-order valence-corrected chi connectivity index (χ4v) is 3.41. The van der Waals surface area contributed by atoms with Gasteiger partial charge in [0.1, 0.15) is 11.2 Å². The van der Waals surface area contributed by atoms with Gasteiger partial charge >= 0.3 is 17.8 Å². The Hall–Kier alpha value is -2.89. The maximum Gasteiger partial charge on any atom is 0.389 e. The summed E-state index contributed by atoms with van der Waals surface area (Å²) in [6.07, 6.45) is -3.63. The SMILES string of the molecule is CCCCc1cc(=O)oc2nc(ON=C(CCC(F)(F)F)N3CCN(C)CC3)[nH]c(=O)c12. The zero-order valence-corrected chi connectivity index (χ0v) is 18.0. The summed E-state index contributed by atoms with van der Waals surface area (Å²) in [5.74, 6) is 0.108. The van der Waals surface area contributed by atoms with Gasteiger partial charge in [-0.15, -0.1) is 0 Å². The van der Waals surface area contributed by atoms with Crippen LogP contribution in [-0.2, 0) is 6.42 Å². The van der Waals surface area contributed by atoms with Gasteiger partial charge in [0, 0.05) is 38.7 Å². The van der Waals surface area contributed by atoms with Gasteiger partial charge < -0.3 is 19.1 Å². The first-order chi connectivity index (χ1) is 15.2. The van der Waals surface area contributed by atoms with Crippen molar-refractivity contribution in [2.24, 2.45) is 5.16 Å². The highest BCUT2D eigenvalue weighted by atomic mass is 19.4. The number of nitrogens with zero attached hydrogens (tertiary/aromatic N) is 4. The number of oxime groups is 1. The number of nitrogens with one attached hydrogen (secondary N) is 1. The molecule has 1 aliphatic heterocycles. The predicted molar refractivity (Wildman–Crippen MR) is 112 cm³/mol. The molecule has 2 aromatic rings. The molecule has 0 spiro atoms. The Morgan fingerprint density at radius 2 is 2.00 bits per heavy atom. The smallest absolute Gasteiger partial charge is 0.389 e. The quantitative estimate of drug-likeness (QED) is 0.387. The highest BCUT2D eigenvalue weighted by Gasteiger charge is 2.29. The first-order valence-corrected chi connectivity index (χ1v) is 10.5. The highest BCUT2D eigenvalue weighted by molar-refractivity contribution is 5.82. The Labute approximate surface area is 181 Å². The van der Waals surface area contributed by atoms with Gasteiger partial charge in [0.15, 0.2) is 0 Å². The molecule has 0 saturated carbocycles. The monoisotopic (exact) mass is 457 g/mol. The fraction of sp³-hybridized carbons (Fsp3) is 0.600. The van der Waals surface area contributed by atoms with Crippen LogP contribution in [0.15, 0.2) is 25.2 Å². The zero-order chi connectivity index (χ0) is 23.3. The zero-order valence-electron chi connectivity index (χ0n) is 18.0. The molecule has 3 heterocycles. The summed E-state index contributed by atoms with van der Waals surface area (Å²) in [6, 6.07) is 0.896. The molecule has 9 nitrogen and oxygen atoms in total. The lowest BCUT2D eigenvalue weighted by Crippen LogP contribution is -2.47. The van der Waals surface area contributed by atoms with Crippen molar-refractivity contribution in [3.05, 3.63) is 32.4 Å². The molecule has 2 aromatic heterocycles. The highest BCUT2D eigenvalue weighted by Crippen LogP contribution is 2.23. The van der Waals surface area contributed by atoms with Gasteiger partial charge in [-0.2, -0.15) is 18.2 Å². The van der Waals surface area contributed by atoms with E-state index in [1.165, 1.54) is 6.07 Å². The van der Waals surface area contributed by atoms with Crippen LogP contribution in [0.3, 0.4) is 0 Å². The van der Waals surface area contributed by atoms with E-state index < -0.39 is 23.8 Å². The van der Waals surface area contributed by atoms with Gasteiger partial charge in [0.25, 0.3) is 5.56 Å². The minimum atomic E-state index is -4.35. The van der Waals surface area contributed by atoms with E-state index in [1.54, 1.807) is 4.90 Å². The normalized spacial score (nSPS) is 16.0. The number of rotatable bonds is 7. The molecule has 0 aromatic carbocycles. The van der Waals surface area contributed by atoms with Crippen molar-refractivity contribution in [1.29, 1.82) is 0 Å². The van der Waals surface area contributed by atoms with Crippen LogP contribution in [0.1, 0.15) is 38.2 Å². The first-order valence-electron chi connectivity index (χ1n) is 10.5. The predicted octanol–water partition coefficient (Wildman–Crippen LogP) is 2.50. The fourth-order valence-electron chi connectivity index (χ4n) is 3.41. The number of amidine groups is 1. The summed E-state index contributed by atoms with van der Waals surface area (Å²) in [5, 5.41) is 4.00. The number of halogens is 3. The third-order valence-electron chi connectivity index (χ3n) is 5.21. The first kappa shape index (κ1) is 23.8. The molecule has 1 aliphatic rings. The van der Waals surface area contributed by atoms with Gasteiger partial charge in [-0.05, 0) is 25.5 Å². The number of likely N-dealkylation sites (N-methyl/N-ethyl adjacent to an activating group) is 1. The van der Waals surface area contributed by atoms with Crippen molar-refractivity contribution < 1.29 is 22.4 Å². The van der Waals surface area contributed by atoms with Crippen LogP contribution in [0.5, 0.6) is 6.01 Å². The Bertz CT molecular complexity index is 1070. The van der Waals surface area contributed by atoms with Crippen LogP contribution >= 0.6 is 0 Å². The Balaban J connectivity index is 1.89. The molecular formula is C20H26F3N5O4. The van der Waals surface area contributed by atoms with Gasteiger partial charge in [-0.3, -0.25) is 9.78 Å². The maximum absolute atomic E-state index is 12.8.